The van der Waals surface area contributed by atoms with Crippen molar-refractivity contribution < 1.29 is 18.7 Å². The van der Waals surface area contributed by atoms with E-state index in [1.807, 2.05) is 31.2 Å². The minimum atomic E-state index is -0.667. The molecule has 0 radical (unpaired) electrons. The van der Waals surface area contributed by atoms with Gasteiger partial charge in [-0.2, -0.15) is 0 Å². The van der Waals surface area contributed by atoms with Crippen LogP contribution in [0.15, 0.2) is 131 Å². The first-order valence-electron chi connectivity index (χ1n) is 15.2. The van der Waals surface area contributed by atoms with E-state index in [0.717, 1.165) is 17.3 Å². The second kappa shape index (κ2) is 14.1. The summed E-state index contributed by atoms with van der Waals surface area (Å²) in [4.78, 5) is 62.3. The second-order valence-corrected chi connectivity index (χ2v) is 11.1. The largest absolute Gasteiger partial charge is 0.494 e. The summed E-state index contributed by atoms with van der Waals surface area (Å²) < 4.78 is 20.8. The Balaban J connectivity index is 0.000000188. The summed E-state index contributed by atoms with van der Waals surface area (Å²) in [6.07, 6.45) is 6.28. The molecular weight excluding hydrogens is 623 g/mol. The standard InChI is InChI=1S/C23H18FN3O3.C16H11NO2/c1-14-10-25-11-16(26-14)12-27-13-18(23(29)17-5-3-4-6-20(17)27)22(28)15-7-8-21(30-2)19(24)9-15;18-15(11-6-2-1-3-7-11)13-10-17-14-9-5-4-8-12(14)16(13)19/h3-11,13H,12H2,1-2H3;1-10H,(H,17,19). The first-order chi connectivity index (χ1) is 23.7. The molecule has 3 aromatic heterocycles. The fourth-order valence-electron chi connectivity index (χ4n) is 5.45. The molecule has 0 fully saturated rings. The predicted octanol–water partition coefficient (Wildman–Crippen LogP) is 6.29. The minimum Gasteiger partial charge on any atom is -0.494 e. The van der Waals surface area contributed by atoms with E-state index in [1.54, 1.807) is 71.6 Å². The molecule has 0 amide bonds. The number of methoxy groups -OCH3 is 1. The number of fused-ring (bicyclic) bond motifs is 2. The molecule has 0 atom stereocenters. The van der Waals surface area contributed by atoms with Gasteiger partial charge in [-0.15, -0.1) is 0 Å². The van der Waals surface area contributed by atoms with E-state index in [9.17, 15) is 23.6 Å². The molecule has 0 bridgehead atoms. The van der Waals surface area contributed by atoms with E-state index < -0.39 is 17.0 Å². The molecule has 0 spiro atoms. The average molecular weight is 653 g/mol. The molecule has 1 N–H and O–H groups in total. The van der Waals surface area contributed by atoms with Gasteiger partial charge in [-0.3, -0.25) is 29.1 Å². The maximum absolute atomic E-state index is 14.1. The van der Waals surface area contributed by atoms with Gasteiger partial charge >= 0.3 is 0 Å². The molecule has 0 aliphatic carbocycles. The van der Waals surface area contributed by atoms with Gasteiger partial charge in [0.15, 0.2) is 23.1 Å². The Morgan fingerprint density at radius 1 is 0.796 bits per heavy atom. The van der Waals surface area contributed by atoms with Crippen LogP contribution >= 0.6 is 0 Å². The number of hydrogen-bond donors (Lipinski definition) is 1. The average Bonchev–Trinajstić information content (AvgIpc) is 3.13. The van der Waals surface area contributed by atoms with Crippen molar-refractivity contribution in [1.82, 2.24) is 19.5 Å². The zero-order chi connectivity index (χ0) is 34.5. The number of hydrogen-bond acceptors (Lipinski definition) is 7. The number of aromatic amines is 1. The lowest BCUT2D eigenvalue weighted by Crippen LogP contribution is -2.20. The summed E-state index contributed by atoms with van der Waals surface area (Å²) in [6, 6.07) is 26.9. The molecule has 0 unspecified atom stereocenters. The number of H-pyrrole nitrogens is 1. The van der Waals surface area contributed by atoms with Gasteiger partial charge < -0.3 is 14.3 Å². The number of aryl methyl sites for hydroxylation is 1. The van der Waals surface area contributed by atoms with Crippen LogP contribution in [0, 0.1) is 12.7 Å². The van der Waals surface area contributed by atoms with Crippen molar-refractivity contribution in [3.63, 3.8) is 0 Å². The van der Waals surface area contributed by atoms with Crippen LogP contribution in [0.4, 0.5) is 4.39 Å². The smallest absolute Gasteiger partial charge is 0.200 e. The first kappa shape index (κ1) is 32.4. The summed E-state index contributed by atoms with van der Waals surface area (Å²) in [5, 5.41) is 0.933. The van der Waals surface area contributed by atoms with Crippen LogP contribution in [0.1, 0.15) is 43.2 Å². The lowest BCUT2D eigenvalue weighted by molar-refractivity contribution is 0.102. The van der Waals surface area contributed by atoms with E-state index in [2.05, 4.69) is 15.0 Å². The number of carbonyl (C=O) groups excluding carboxylic acids is 2. The van der Waals surface area contributed by atoms with E-state index in [1.165, 1.54) is 31.6 Å². The quantitative estimate of drug-likeness (QED) is 0.201. The molecule has 0 saturated carbocycles. The van der Waals surface area contributed by atoms with Crippen molar-refractivity contribution in [1.29, 1.82) is 0 Å². The van der Waals surface area contributed by atoms with Gasteiger partial charge in [-0.1, -0.05) is 54.6 Å². The number of pyridine rings is 2. The zero-order valence-corrected chi connectivity index (χ0v) is 26.5. The number of nitrogens with one attached hydrogen (secondary N) is 1. The van der Waals surface area contributed by atoms with E-state index in [-0.39, 0.29) is 33.7 Å². The Kier molecular flexibility index (Phi) is 9.30. The van der Waals surface area contributed by atoms with Crippen LogP contribution in [0.25, 0.3) is 21.8 Å². The lowest BCUT2D eigenvalue weighted by atomic mass is 10.0. The molecular formula is C39H29FN4O5. The number of nitrogens with zero attached hydrogens (tertiary/aromatic N) is 3. The molecule has 0 saturated heterocycles. The summed E-state index contributed by atoms with van der Waals surface area (Å²) in [7, 11) is 1.34. The zero-order valence-electron chi connectivity index (χ0n) is 26.5. The number of ketones is 2. The van der Waals surface area contributed by atoms with E-state index in [0.29, 0.717) is 34.1 Å². The summed E-state index contributed by atoms with van der Waals surface area (Å²) in [6.45, 7) is 2.17. The maximum Gasteiger partial charge on any atom is 0.200 e. The number of ether oxygens (including phenoxy) is 1. The van der Waals surface area contributed by atoms with Gasteiger partial charge in [0.25, 0.3) is 0 Å². The van der Waals surface area contributed by atoms with Crippen molar-refractivity contribution in [2.75, 3.05) is 7.11 Å². The van der Waals surface area contributed by atoms with Crippen LogP contribution in [0.5, 0.6) is 5.75 Å². The Morgan fingerprint density at radius 3 is 2.20 bits per heavy atom. The predicted molar refractivity (Wildman–Crippen MR) is 185 cm³/mol. The van der Waals surface area contributed by atoms with Gasteiger partial charge in [-0.05, 0) is 49.4 Å². The fraction of sp³-hybridized carbons (Fsp3) is 0.0769. The summed E-state index contributed by atoms with van der Waals surface area (Å²) in [5.74, 6) is -1.45. The number of aromatic nitrogens is 4. The highest BCUT2D eigenvalue weighted by Crippen LogP contribution is 2.21. The monoisotopic (exact) mass is 652 g/mol. The molecule has 4 aromatic carbocycles. The molecule has 10 heteroatoms. The molecule has 49 heavy (non-hydrogen) atoms. The van der Waals surface area contributed by atoms with Gasteiger partial charge in [0.2, 0.25) is 10.9 Å². The highest BCUT2D eigenvalue weighted by atomic mass is 19.1. The maximum atomic E-state index is 14.1. The number of rotatable bonds is 7. The van der Waals surface area contributed by atoms with Crippen molar-refractivity contribution in [3.8, 4) is 5.75 Å². The molecule has 0 aliphatic rings. The number of benzene rings is 4. The lowest BCUT2D eigenvalue weighted by Gasteiger charge is -2.13. The molecule has 7 aromatic rings. The van der Waals surface area contributed by atoms with Crippen molar-refractivity contribution in [2.24, 2.45) is 0 Å². The second-order valence-electron chi connectivity index (χ2n) is 11.1. The third kappa shape index (κ3) is 6.79. The third-order valence-corrected chi connectivity index (χ3v) is 7.85. The Hall–Kier alpha value is -6.55. The molecule has 3 heterocycles. The molecule has 7 rings (SSSR count). The number of halogens is 1. The molecule has 9 nitrogen and oxygen atoms in total. The molecule has 0 aliphatic heterocycles. The van der Waals surface area contributed by atoms with Gasteiger partial charge in [0.05, 0.1) is 47.9 Å². The highest BCUT2D eigenvalue weighted by Gasteiger charge is 2.19. The third-order valence-electron chi connectivity index (χ3n) is 7.85. The van der Waals surface area contributed by atoms with Gasteiger partial charge in [0.1, 0.15) is 0 Å². The van der Waals surface area contributed by atoms with Crippen LogP contribution in [0.3, 0.4) is 0 Å². The first-order valence-corrected chi connectivity index (χ1v) is 15.2. The normalized spacial score (nSPS) is 10.8. The van der Waals surface area contributed by atoms with Crippen LogP contribution < -0.4 is 15.6 Å². The van der Waals surface area contributed by atoms with Crippen molar-refractivity contribution in [2.45, 2.75) is 13.5 Å². The SMILES string of the molecule is COc1ccc(C(=O)c2cn(Cc3cncc(C)n3)c3ccccc3c2=O)cc1F.O=C(c1ccccc1)c1c[nH]c2ccccc2c1=O. The highest BCUT2D eigenvalue weighted by molar-refractivity contribution is 6.10. The topological polar surface area (TPSA) is 124 Å². The van der Waals surface area contributed by atoms with Crippen LogP contribution in [0.2, 0.25) is 0 Å². The summed E-state index contributed by atoms with van der Waals surface area (Å²) >= 11 is 0. The van der Waals surface area contributed by atoms with E-state index >= 15 is 0 Å². The van der Waals surface area contributed by atoms with Crippen LogP contribution in [-0.4, -0.2) is 38.2 Å². The van der Waals surface area contributed by atoms with Crippen molar-refractivity contribution in [3.05, 3.63) is 182 Å². The van der Waals surface area contributed by atoms with Crippen LogP contribution in [-0.2, 0) is 6.54 Å². The van der Waals surface area contributed by atoms with E-state index in [4.69, 9.17) is 4.74 Å². The minimum absolute atomic E-state index is 0.0282. The van der Waals surface area contributed by atoms with Gasteiger partial charge in [0, 0.05) is 46.0 Å². The fourth-order valence-corrected chi connectivity index (χ4v) is 5.45. The van der Waals surface area contributed by atoms with Gasteiger partial charge in [-0.25, -0.2) is 4.39 Å². The number of para-hydroxylation sites is 2. The summed E-state index contributed by atoms with van der Waals surface area (Å²) in [5.41, 5.74) is 2.94. The number of carbonyl (C=O) groups is 2. The Bertz CT molecular complexity index is 2470. The van der Waals surface area contributed by atoms with Crippen molar-refractivity contribution >= 4 is 33.4 Å². The Labute approximate surface area is 279 Å². The molecule has 242 valence electrons. The Morgan fingerprint density at radius 2 is 1.47 bits per heavy atom.